The Bertz CT molecular complexity index is 374. The van der Waals surface area contributed by atoms with Gasteiger partial charge < -0.3 is 15.2 Å². The van der Waals surface area contributed by atoms with E-state index in [0.717, 1.165) is 19.4 Å². The van der Waals surface area contributed by atoms with Crippen LogP contribution in [0.3, 0.4) is 0 Å². The Balaban J connectivity index is 1.94. The van der Waals surface area contributed by atoms with Crippen LogP contribution >= 0.6 is 0 Å². The Morgan fingerprint density at radius 3 is 2.58 bits per heavy atom. The number of rotatable bonds is 4. The zero-order valence-corrected chi connectivity index (χ0v) is 11.2. The van der Waals surface area contributed by atoms with E-state index in [0.29, 0.717) is 12.8 Å². The number of hydrogen-bond acceptors (Lipinski definition) is 3. The van der Waals surface area contributed by atoms with Gasteiger partial charge in [-0.1, -0.05) is 12.2 Å². The first kappa shape index (κ1) is 14.1. The van der Waals surface area contributed by atoms with Gasteiger partial charge in [0.05, 0.1) is 24.0 Å². The fourth-order valence-corrected chi connectivity index (χ4v) is 2.80. The fraction of sp³-hybridized carbons (Fsp3) is 0.714. The Hall–Kier alpha value is -1.36. The summed E-state index contributed by atoms with van der Waals surface area (Å²) < 4.78 is 5.53. The Kier molecular flexibility index (Phi) is 4.58. The van der Waals surface area contributed by atoms with E-state index in [1.165, 1.54) is 0 Å². The van der Waals surface area contributed by atoms with E-state index in [-0.39, 0.29) is 18.1 Å². The smallest absolute Gasteiger partial charge is 0.307 e. The summed E-state index contributed by atoms with van der Waals surface area (Å²) in [5.41, 5.74) is 0. The lowest BCUT2D eigenvalue weighted by atomic mass is 9.82. The average molecular weight is 267 g/mol. The van der Waals surface area contributed by atoms with Crippen molar-refractivity contribution in [3.63, 3.8) is 0 Å². The molecule has 5 heteroatoms. The van der Waals surface area contributed by atoms with E-state index in [1.54, 1.807) is 0 Å². The third-order valence-corrected chi connectivity index (χ3v) is 3.98. The third kappa shape index (κ3) is 3.35. The van der Waals surface area contributed by atoms with Gasteiger partial charge in [-0.25, -0.2) is 0 Å². The van der Waals surface area contributed by atoms with Crippen LogP contribution in [-0.2, 0) is 14.3 Å². The van der Waals surface area contributed by atoms with Crippen LogP contribution in [0.4, 0.5) is 0 Å². The van der Waals surface area contributed by atoms with Gasteiger partial charge in [0.15, 0.2) is 0 Å². The van der Waals surface area contributed by atoms with Gasteiger partial charge in [0.25, 0.3) is 0 Å². The van der Waals surface area contributed by atoms with Crippen molar-refractivity contribution in [2.75, 3.05) is 6.61 Å². The Morgan fingerprint density at radius 2 is 2.00 bits per heavy atom. The number of allylic oxidation sites excluding steroid dienone is 2. The number of carboxylic acids is 1. The van der Waals surface area contributed by atoms with Crippen molar-refractivity contribution in [2.45, 2.75) is 44.8 Å². The molecule has 0 aromatic carbocycles. The molecule has 1 heterocycles. The summed E-state index contributed by atoms with van der Waals surface area (Å²) in [5.74, 6) is -2.14. The summed E-state index contributed by atoms with van der Waals surface area (Å²) in [6, 6.07) is -0.0599. The fourth-order valence-electron chi connectivity index (χ4n) is 2.80. The molecule has 1 aliphatic carbocycles. The summed E-state index contributed by atoms with van der Waals surface area (Å²) in [6.45, 7) is 2.66. The highest BCUT2D eigenvalue weighted by molar-refractivity contribution is 5.85. The topological polar surface area (TPSA) is 75.6 Å². The quantitative estimate of drug-likeness (QED) is 0.754. The van der Waals surface area contributed by atoms with Crippen molar-refractivity contribution in [3.05, 3.63) is 12.2 Å². The van der Waals surface area contributed by atoms with Gasteiger partial charge in [-0.05, 0) is 32.6 Å². The molecular weight excluding hydrogens is 246 g/mol. The molecule has 0 aromatic heterocycles. The number of nitrogens with one attached hydrogen (secondary N) is 1. The van der Waals surface area contributed by atoms with Crippen LogP contribution in [0.25, 0.3) is 0 Å². The third-order valence-electron chi connectivity index (χ3n) is 3.98. The molecule has 106 valence electrons. The van der Waals surface area contributed by atoms with Gasteiger partial charge in [-0.2, -0.15) is 0 Å². The average Bonchev–Trinajstić information content (AvgIpc) is 2.92. The van der Waals surface area contributed by atoms with Gasteiger partial charge >= 0.3 is 5.97 Å². The maximum absolute atomic E-state index is 12.2. The minimum Gasteiger partial charge on any atom is -0.481 e. The lowest BCUT2D eigenvalue weighted by Crippen LogP contribution is -2.46. The first-order chi connectivity index (χ1) is 9.09. The Morgan fingerprint density at radius 1 is 1.32 bits per heavy atom. The summed E-state index contributed by atoms with van der Waals surface area (Å²) >= 11 is 0. The standard InChI is InChI=1S/C14H21NO4/c1-9(12-7-4-8-19-12)15-13(16)10-5-2-3-6-11(10)14(17)18/h2-3,9-12H,4-8H2,1H3,(H,15,16)(H,17,18)/t9?,10-,11+,12?/m1/s1. The molecule has 1 aliphatic heterocycles. The predicted molar refractivity (Wildman–Crippen MR) is 69.6 cm³/mol. The first-order valence-corrected chi connectivity index (χ1v) is 6.89. The Labute approximate surface area is 113 Å². The molecule has 0 bridgehead atoms. The predicted octanol–water partition coefficient (Wildman–Crippen LogP) is 1.34. The van der Waals surface area contributed by atoms with Crippen molar-refractivity contribution in [2.24, 2.45) is 11.8 Å². The minimum absolute atomic E-state index is 0.0599. The van der Waals surface area contributed by atoms with E-state index < -0.39 is 17.8 Å². The first-order valence-electron chi connectivity index (χ1n) is 6.89. The molecule has 0 spiro atoms. The van der Waals surface area contributed by atoms with Crippen LogP contribution in [0, 0.1) is 11.8 Å². The van der Waals surface area contributed by atoms with Gasteiger partial charge in [0.2, 0.25) is 5.91 Å². The number of carbonyl (C=O) groups excluding carboxylic acids is 1. The number of ether oxygens (including phenoxy) is 1. The molecule has 0 radical (unpaired) electrons. The lowest BCUT2D eigenvalue weighted by Gasteiger charge is -2.27. The van der Waals surface area contributed by atoms with Gasteiger partial charge in [-0.15, -0.1) is 0 Å². The minimum atomic E-state index is -0.894. The molecule has 2 rings (SSSR count). The molecule has 1 fully saturated rings. The molecule has 0 saturated carbocycles. The van der Waals surface area contributed by atoms with E-state index in [4.69, 9.17) is 9.84 Å². The van der Waals surface area contributed by atoms with E-state index >= 15 is 0 Å². The van der Waals surface area contributed by atoms with E-state index in [2.05, 4.69) is 5.32 Å². The van der Waals surface area contributed by atoms with Crippen LogP contribution in [0.2, 0.25) is 0 Å². The van der Waals surface area contributed by atoms with Gasteiger partial charge in [0, 0.05) is 6.61 Å². The van der Waals surface area contributed by atoms with Crippen LogP contribution in [0.5, 0.6) is 0 Å². The van der Waals surface area contributed by atoms with E-state index in [1.807, 2.05) is 19.1 Å². The molecule has 0 aromatic rings. The normalized spacial score (nSPS) is 31.9. The van der Waals surface area contributed by atoms with Crippen LogP contribution in [0.15, 0.2) is 12.2 Å². The largest absolute Gasteiger partial charge is 0.481 e. The van der Waals surface area contributed by atoms with E-state index in [9.17, 15) is 9.59 Å². The highest BCUT2D eigenvalue weighted by atomic mass is 16.5. The number of aliphatic carboxylic acids is 1. The lowest BCUT2D eigenvalue weighted by molar-refractivity contribution is -0.147. The zero-order valence-electron chi connectivity index (χ0n) is 11.2. The molecular formula is C14H21NO4. The second kappa shape index (κ2) is 6.19. The zero-order chi connectivity index (χ0) is 13.8. The van der Waals surface area contributed by atoms with Gasteiger partial charge in [-0.3, -0.25) is 9.59 Å². The summed E-state index contributed by atoms with van der Waals surface area (Å²) in [6.07, 6.45) is 6.70. The van der Waals surface area contributed by atoms with Crippen LogP contribution < -0.4 is 5.32 Å². The maximum Gasteiger partial charge on any atom is 0.307 e. The number of carboxylic acid groups (broad SMARTS) is 1. The molecule has 2 aliphatic rings. The van der Waals surface area contributed by atoms with Crippen molar-refractivity contribution in [1.29, 1.82) is 0 Å². The molecule has 19 heavy (non-hydrogen) atoms. The van der Waals surface area contributed by atoms with Crippen LogP contribution in [0.1, 0.15) is 32.6 Å². The molecule has 2 unspecified atom stereocenters. The van der Waals surface area contributed by atoms with Crippen molar-refractivity contribution >= 4 is 11.9 Å². The molecule has 1 amide bonds. The second-order valence-electron chi connectivity index (χ2n) is 5.34. The molecule has 4 atom stereocenters. The molecule has 5 nitrogen and oxygen atoms in total. The SMILES string of the molecule is CC(NC(=O)[C@@H]1CC=CC[C@@H]1C(=O)O)C1CCCO1. The van der Waals surface area contributed by atoms with Crippen molar-refractivity contribution in [3.8, 4) is 0 Å². The molecule has 2 N–H and O–H groups in total. The second-order valence-corrected chi connectivity index (χ2v) is 5.34. The van der Waals surface area contributed by atoms with Crippen molar-refractivity contribution < 1.29 is 19.4 Å². The highest BCUT2D eigenvalue weighted by Crippen LogP contribution is 2.26. The maximum atomic E-state index is 12.2. The molecule has 1 saturated heterocycles. The number of amides is 1. The summed E-state index contributed by atoms with van der Waals surface area (Å²) in [7, 11) is 0. The van der Waals surface area contributed by atoms with Gasteiger partial charge in [0.1, 0.15) is 0 Å². The monoisotopic (exact) mass is 267 g/mol. The van der Waals surface area contributed by atoms with Crippen LogP contribution in [-0.4, -0.2) is 35.7 Å². The summed E-state index contributed by atoms with van der Waals surface area (Å²) in [5, 5.41) is 12.1. The number of hydrogen-bond donors (Lipinski definition) is 2. The summed E-state index contributed by atoms with van der Waals surface area (Å²) in [4.78, 5) is 23.4. The number of carbonyl (C=O) groups is 2. The highest BCUT2D eigenvalue weighted by Gasteiger charge is 2.35. The van der Waals surface area contributed by atoms with Crippen molar-refractivity contribution in [1.82, 2.24) is 5.32 Å².